The van der Waals surface area contributed by atoms with Crippen molar-refractivity contribution in [3.63, 3.8) is 0 Å². The molecule has 1 saturated heterocycles. The fraction of sp³-hybridized carbons (Fsp3) is 0.324. The summed E-state index contributed by atoms with van der Waals surface area (Å²) in [6.45, 7) is 4.70. The fourth-order valence-corrected chi connectivity index (χ4v) is 8.50. The van der Waals surface area contributed by atoms with E-state index in [1.807, 2.05) is 63.6 Å². The molecule has 1 aliphatic rings. The zero-order valence-corrected chi connectivity index (χ0v) is 28.1. The van der Waals surface area contributed by atoms with Crippen molar-refractivity contribution in [2.24, 2.45) is 5.73 Å². The zero-order valence-electron chi connectivity index (χ0n) is 27.2. The van der Waals surface area contributed by atoms with Gasteiger partial charge >= 0.3 is 5.69 Å². The number of nitrogens with one attached hydrogen (secondary N) is 5. The highest BCUT2D eigenvalue weighted by molar-refractivity contribution is 8.13. The number of rotatable bonds is 15. The molecule has 0 bridgehead atoms. The summed E-state index contributed by atoms with van der Waals surface area (Å²) < 4.78 is 20.1. The number of aromatic nitrogens is 5. The summed E-state index contributed by atoms with van der Waals surface area (Å²) in [5, 5.41) is 17.4. The molecule has 1 fully saturated rings. The van der Waals surface area contributed by atoms with Crippen LogP contribution in [0.15, 0.2) is 89.2 Å². The first-order valence-electron chi connectivity index (χ1n) is 16.4. The summed E-state index contributed by atoms with van der Waals surface area (Å²) in [5.41, 5.74) is 9.17. The van der Waals surface area contributed by atoms with Gasteiger partial charge in [-0.25, -0.2) is 14.1 Å². The van der Waals surface area contributed by atoms with Gasteiger partial charge in [0.2, 0.25) is 0 Å². The SMILES string of the molecule is N=C(N)NCCCNCc1ccc(-n2cc3cc(-c4cccc([SH](=O)(C=O)N(CCn5ccnc5)C5CCNCC5)c4)[nH]c3nc2=O)cc1. The van der Waals surface area contributed by atoms with Gasteiger partial charge < -0.3 is 31.2 Å². The van der Waals surface area contributed by atoms with Gasteiger partial charge in [0.1, 0.15) is 5.65 Å². The van der Waals surface area contributed by atoms with Gasteiger partial charge in [-0.15, -0.1) is 0 Å². The predicted molar refractivity (Wildman–Crippen MR) is 193 cm³/mol. The highest BCUT2D eigenvalue weighted by Gasteiger charge is 2.33. The fourth-order valence-electron chi connectivity index (χ4n) is 6.24. The maximum atomic E-state index is 14.7. The molecule has 5 aromatic rings. The van der Waals surface area contributed by atoms with E-state index in [1.54, 1.807) is 24.8 Å². The Kier molecular flexibility index (Phi) is 10.7. The third-order valence-electron chi connectivity index (χ3n) is 8.83. The number of nitrogens with zero attached hydrogens (tertiary/aromatic N) is 5. The van der Waals surface area contributed by atoms with Crippen LogP contribution in [-0.4, -0.2) is 82.9 Å². The third kappa shape index (κ3) is 8.03. The van der Waals surface area contributed by atoms with Crippen LogP contribution in [0.3, 0.4) is 0 Å². The molecule has 14 nitrogen and oxygen atoms in total. The number of hydrogen-bond donors (Lipinski definition) is 7. The first-order valence-corrected chi connectivity index (χ1v) is 18.2. The van der Waals surface area contributed by atoms with Gasteiger partial charge in [0.15, 0.2) is 11.6 Å². The lowest BCUT2D eigenvalue weighted by molar-refractivity contribution is 0.263. The van der Waals surface area contributed by atoms with Crippen LogP contribution >= 0.6 is 0 Å². The van der Waals surface area contributed by atoms with Gasteiger partial charge in [0, 0.05) is 76.9 Å². The molecular formula is C34H43N11O3S. The number of H-pyrrole nitrogens is 1. The molecule has 7 N–H and O–H groups in total. The Morgan fingerprint density at radius 2 is 1.96 bits per heavy atom. The van der Waals surface area contributed by atoms with E-state index in [4.69, 9.17) is 11.1 Å². The molecule has 0 spiro atoms. The van der Waals surface area contributed by atoms with E-state index in [1.165, 1.54) is 4.57 Å². The smallest absolute Gasteiger partial charge is 0.354 e. The van der Waals surface area contributed by atoms with E-state index in [0.717, 1.165) is 55.4 Å². The maximum absolute atomic E-state index is 14.7. The first-order chi connectivity index (χ1) is 23.8. The maximum Gasteiger partial charge on any atom is 0.354 e. The summed E-state index contributed by atoms with van der Waals surface area (Å²) in [7, 11) is -3.62. The minimum Gasteiger partial charge on any atom is -0.370 e. The summed E-state index contributed by atoms with van der Waals surface area (Å²) in [5.74, 6) is -0.0296. The Morgan fingerprint density at radius 3 is 2.69 bits per heavy atom. The number of imidazole rings is 1. The molecule has 2 aromatic carbocycles. The quantitative estimate of drug-likeness (QED) is 0.0283. The average Bonchev–Trinajstić information content (AvgIpc) is 3.80. The Labute approximate surface area is 285 Å². The number of aromatic amines is 1. The molecule has 258 valence electrons. The largest absolute Gasteiger partial charge is 0.370 e. The monoisotopic (exact) mass is 685 g/mol. The van der Waals surface area contributed by atoms with Crippen molar-refractivity contribution >= 4 is 32.7 Å². The van der Waals surface area contributed by atoms with Crippen molar-refractivity contribution in [1.82, 2.24) is 44.3 Å². The number of hydrogen-bond acceptors (Lipinski definition) is 8. The molecule has 6 rings (SSSR count). The Bertz CT molecular complexity index is 1980. The second kappa shape index (κ2) is 15.5. The molecule has 0 aliphatic carbocycles. The van der Waals surface area contributed by atoms with Crippen molar-refractivity contribution in [2.45, 2.75) is 43.3 Å². The normalized spacial score (nSPS) is 14.3. The Morgan fingerprint density at radius 1 is 1.14 bits per heavy atom. The van der Waals surface area contributed by atoms with Crippen LogP contribution in [-0.2, 0) is 28.0 Å². The van der Waals surface area contributed by atoms with E-state index < -0.39 is 15.8 Å². The van der Waals surface area contributed by atoms with Crippen molar-refractivity contribution < 1.29 is 9.00 Å². The zero-order chi connectivity index (χ0) is 34.2. The van der Waals surface area contributed by atoms with Crippen molar-refractivity contribution in [1.29, 1.82) is 5.41 Å². The summed E-state index contributed by atoms with van der Waals surface area (Å²) in [6, 6.07) is 16.9. The van der Waals surface area contributed by atoms with Crippen LogP contribution in [0.4, 0.5) is 0 Å². The molecule has 1 aliphatic heterocycles. The molecule has 4 heterocycles. The van der Waals surface area contributed by atoms with E-state index >= 15 is 0 Å². The molecule has 15 heteroatoms. The van der Waals surface area contributed by atoms with Crippen molar-refractivity contribution in [3.8, 4) is 16.9 Å². The second-order valence-electron chi connectivity index (χ2n) is 12.1. The van der Waals surface area contributed by atoms with E-state index in [9.17, 15) is 13.8 Å². The minimum atomic E-state index is -3.62. The summed E-state index contributed by atoms with van der Waals surface area (Å²) >= 11 is 0. The van der Waals surface area contributed by atoms with Gasteiger partial charge in [-0.05, 0) is 80.4 Å². The van der Waals surface area contributed by atoms with Crippen molar-refractivity contribution in [3.05, 3.63) is 95.6 Å². The number of thiol groups is 1. The lowest BCUT2D eigenvalue weighted by Gasteiger charge is -2.40. The number of fused-ring (bicyclic) bond motifs is 1. The molecule has 0 saturated carbocycles. The van der Waals surface area contributed by atoms with Gasteiger partial charge in [-0.1, -0.05) is 24.3 Å². The predicted octanol–water partition coefficient (Wildman–Crippen LogP) is 1.78. The highest BCUT2D eigenvalue weighted by atomic mass is 32.3. The van der Waals surface area contributed by atoms with E-state index in [0.29, 0.717) is 53.7 Å². The number of benzene rings is 2. The minimum absolute atomic E-state index is 0.000791. The van der Waals surface area contributed by atoms with Crippen LogP contribution in [0.5, 0.6) is 0 Å². The van der Waals surface area contributed by atoms with Gasteiger partial charge in [0.25, 0.3) is 0 Å². The molecule has 0 amide bonds. The van der Waals surface area contributed by atoms with Crippen LogP contribution in [0.1, 0.15) is 24.8 Å². The summed E-state index contributed by atoms with van der Waals surface area (Å²) in [6.07, 6.45) is 9.49. The number of carbonyl (C=O) groups excluding carboxylic acids is 1. The van der Waals surface area contributed by atoms with Gasteiger partial charge in [0.05, 0.1) is 12.0 Å². The molecule has 49 heavy (non-hydrogen) atoms. The third-order valence-corrected chi connectivity index (χ3v) is 11.4. The molecular weight excluding hydrogens is 643 g/mol. The number of nitrogens with two attached hydrogens (primary N) is 1. The number of carbonyl (C=O) groups is 1. The Hall–Kier alpha value is -4.96. The van der Waals surface area contributed by atoms with Crippen LogP contribution in [0.2, 0.25) is 0 Å². The van der Waals surface area contributed by atoms with Gasteiger partial charge in [-0.2, -0.15) is 4.98 Å². The topological polar surface area (TPSA) is 192 Å². The number of piperidine rings is 1. The van der Waals surface area contributed by atoms with E-state index in [2.05, 4.69) is 30.9 Å². The van der Waals surface area contributed by atoms with E-state index in [-0.39, 0.29) is 12.0 Å². The Balaban J connectivity index is 1.21. The lowest BCUT2D eigenvalue weighted by Crippen LogP contribution is -2.50. The van der Waals surface area contributed by atoms with Crippen LogP contribution < -0.4 is 27.4 Å². The second-order valence-corrected chi connectivity index (χ2v) is 14.6. The molecule has 0 radical (unpaired) electrons. The standard InChI is InChI=1S/C34H43N11O3S/c35-33(36)40-12-2-11-38-21-25-5-7-28(8-6-25)44-22-27-20-31(41-32(27)42-34(44)47)26-3-1-4-30(19-26)49(48,24-46)45(29-9-13-37-14-10-29)18-17-43-16-15-39-23-43/h1,3-8,15-16,19-20,22-24,29,37-38,49H,2,9-14,17-18,21H2,(H4,35,36,40)(H,41,42,47). The first kappa shape index (κ1) is 33.9. The lowest BCUT2D eigenvalue weighted by atomic mass is 10.1. The van der Waals surface area contributed by atoms with Crippen molar-refractivity contribution in [2.75, 3.05) is 32.7 Å². The van der Waals surface area contributed by atoms with Gasteiger partial charge in [-0.3, -0.25) is 19.0 Å². The number of guanidine groups is 1. The molecule has 3 aromatic heterocycles. The van der Waals surface area contributed by atoms with Crippen LogP contribution in [0, 0.1) is 5.41 Å². The summed E-state index contributed by atoms with van der Waals surface area (Å²) in [4.78, 5) is 38.0. The highest BCUT2D eigenvalue weighted by Crippen LogP contribution is 2.31. The molecule has 0 atom stereocenters. The van der Waals surface area contributed by atoms with Crippen LogP contribution in [0.25, 0.3) is 28.0 Å². The molecule has 0 unspecified atom stereocenters. The average molecular weight is 686 g/mol.